The molecule has 9 heteroatoms. The Balaban J connectivity index is 1.97. The fraction of sp³-hybridized carbons (Fsp3) is 0.615. The summed E-state index contributed by atoms with van der Waals surface area (Å²) in [5.41, 5.74) is 0.269. The van der Waals surface area contributed by atoms with Gasteiger partial charge in [0.05, 0.1) is 19.0 Å². The molecule has 22 heavy (non-hydrogen) atoms. The minimum atomic E-state index is -0.757. The van der Waals surface area contributed by atoms with Gasteiger partial charge in [0.15, 0.2) is 11.2 Å². The van der Waals surface area contributed by atoms with Crippen LogP contribution < -0.4 is 10.9 Å². The van der Waals surface area contributed by atoms with Crippen molar-refractivity contribution in [2.75, 3.05) is 18.5 Å². The number of nitrogens with one attached hydrogen (secondary N) is 2. The Morgan fingerprint density at radius 1 is 1.59 bits per heavy atom. The lowest BCUT2D eigenvalue weighted by Crippen LogP contribution is -2.24. The van der Waals surface area contributed by atoms with Gasteiger partial charge in [0.25, 0.3) is 5.56 Å². The lowest BCUT2D eigenvalue weighted by Gasteiger charge is -2.13. The Morgan fingerprint density at radius 2 is 2.41 bits per heavy atom. The number of hydrogen-bond acceptors (Lipinski definition) is 7. The van der Waals surface area contributed by atoms with Crippen LogP contribution >= 0.6 is 0 Å². The normalized spacial score (nSPS) is 25.0. The van der Waals surface area contributed by atoms with Crippen molar-refractivity contribution in [2.24, 2.45) is 0 Å². The fourth-order valence-electron chi connectivity index (χ4n) is 2.51. The largest absolute Gasteiger partial charge is 0.394 e. The van der Waals surface area contributed by atoms with E-state index in [0.717, 1.165) is 6.42 Å². The van der Waals surface area contributed by atoms with Crippen LogP contribution in [0, 0.1) is 0 Å². The zero-order chi connectivity index (χ0) is 15.7. The number of hydrogen-bond donors (Lipinski definition) is 4. The second-order valence-corrected chi connectivity index (χ2v) is 5.28. The highest BCUT2D eigenvalue weighted by Crippen LogP contribution is 2.30. The first-order valence-corrected chi connectivity index (χ1v) is 7.29. The molecule has 4 N–H and O–H groups in total. The Bertz CT molecular complexity index is 712. The monoisotopic (exact) mass is 309 g/mol. The van der Waals surface area contributed by atoms with E-state index in [4.69, 9.17) is 9.84 Å². The third-order valence-electron chi connectivity index (χ3n) is 3.67. The van der Waals surface area contributed by atoms with Crippen LogP contribution in [0.4, 0.5) is 5.95 Å². The van der Waals surface area contributed by atoms with Crippen LogP contribution in [0.25, 0.3) is 11.2 Å². The number of aromatic amines is 1. The topological polar surface area (TPSA) is 125 Å². The summed E-state index contributed by atoms with van der Waals surface area (Å²) in [6.07, 6.45) is 0.771. The lowest BCUT2D eigenvalue weighted by atomic mass is 10.2. The first-order valence-electron chi connectivity index (χ1n) is 7.29. The van der Waals surface area contributed by atoms with Gasteiger partial charge >= 0.3 is 0 Å². The minimum Gasteiger partial charge on any atom is -0.394 e. The van der Waals surface area contributed by atoms with Gasteiger partial charge in [-0.25, -0.2) is 4.98 Å². The maximum atomic E-state index is 12.0. The van der Waals surface area contributed by atoms with Gasteiger partial charge in [-0.2, -0.15) is 4.98 Å². The second kappa shape index (κ2) is 6.03. The van der Waals surface area contributed by atoms with Gasteiger partial charge in [-0.3, -0.25) is 14.3 Å². The van der Waals surface area contributed by atoms with Crippen LogP contribution in [0.1, 0.15) is 26.0 Å². The summed E-state index contributed by atoms with van der Waals surface area (Å²) in [6.45, 7) is 2.44. The molecule has 0 saturated carbocycles. The van der Waals surface area contributed by atoms with Crippen molar-refractivity contribution in [3.8, 4) is 0 Å². The van der Waals surface area contributed by atoms with Crippen molar-refractivity contribution < 1.29 is 14.9 Å². The average Bonchev–Trinajstić information content (AvgIpc) is 3.08. The smallest absolute Gasteiger partial charge is 0.280 e. The van der Waals surface area contributed by atoms with Crippen molar-refractivity contribution in [1.29, 1.82) is 0 Å². The highest BCUT2D eigenvalue weighted by molar-refractivity contribution is 5.70. The van der Waals surface area contributed by atoms with Crippen molar-refractivity contribution in [3.05, 3.63) is 16.7 Å². The van der Waals surface area contributed by atoms with Crippen LogP contribution in [0.2, 0.25) is 0 Å². The quantitative estimate of drug-likeness (QED) is 0.591. The number of aliphatic hydroxyl groups excluding tert-OH is 2. The molecule has 0 unspecified atom stereocenters. The Morgan fingerprint density at radius 3 is 3.09 bits per heavy atom. The van der Waals surface area contributed by atoms with Gasteiger partial charge in [0.2, 0.25) is 5.95 Å². The Kier molecular flexibility index (Phi) is 4.10. The van der Waals surface area contributed by atoms with E-state index in [0.29, 0.717) is 24.6 Å². The Hall–Kier alpha value is -1.97. The van der Waals surface area contributed by atoms with E-state index in [9.17, 15) is 9.90 Å². The molecule has 1 aliphatic heterocycles. The number of nitrogens with zero attached hydrogens (tertiary/aromatic N) is 3. The van der Waals surface area contributed by atoms with Crippen LogP contribution in [0.3, 0.4) is 0 Å². The van der Waals surface area contributed by atoms with E-state index in [-0.39, 0.29) is 17.7 Å². The molecule has 9 nitrogen and oxygen atoms in total. The maximum absolute atomic E-state index is 12.0. The van der Waals surface area contributed by atoms with E-state index in [1.807, 2.05) is 6.92 Å². The molecule has 3 rings (SSSR count). The number of aromatic nitrogens is 4. The predicted octanol–water partition coefficient (Wildman–Crippen LogP) is -0.418. The number of imidazole rings is 1. The maximum Gasteiger partial charge on any atom is 0.280 e. The third kappa shape index (κ3) is 2.58. The molecule has 1 fully saturated rings. The van der Waals surface area contributed by atoms with E-state index >= 15 is 0 Å². The summed E-state index contributed by atoms with van der Waals surface area (Å²) in [4.78, 5) is 23.1. The second-order valence-electron chi connectivity index (χ2n) is 5.28. The SMILES string of the molecule is CCCNc1nc2c(ncn2[C@H]2C[C@H](O)[C@@H](CO)O2)c(=O)[nH]1. The van der Waals surface area contributed by atoms with E-state index < -0.39 is 18.4 Å². The number of anilines is 1. The first-order chi connectivity index (χ1) is 10.6. The van der Waals surface area contributed by atoms with Gasteiger partial charge in [-0.05, 0) is 6.42 Å². The van der Waals surface area contributed by atoms with Crippen molar-refractivity contribution in [3.63, 3.8) is 0 Å². The molecule has 120 valence electrons. The minimum absolute atomic E-state index is 0.215. The molecule has 0 aromatic carbocycles. The van der Waals surface area contributed by atoms with Gasteiger partial charge < -0.3 is 20.3 Å². The average molecular weight is 309 g/mol. The molecule has 3 heterocycles. The predicted molar refractivity (Wildman–Crippen MR) is 78.5 cm³/mol. The standard InChI is InChI=1S/C13H19N5O4/c1-2-3-14-13-16-11-10(12(21)17-13)15-6-18(11)9-4-7(20)8(5-19)22-9/h6-9,19-20H,2-5H2,1H3,(H2,14,16,17,21)/t7-,8+,9+/m0/s1. The molecule has 0 bridgehead atoms. The number of ether oxygens (including phenoxy) is 1. The van der Waals surface area contributed by atoms with Crippen LogP contribution in [-0.2, 0) is 4.74 Å². The summed E-state index contributed by atoms with van der Waals surface area (Å²) in [5, 5.41) is 22.0. The summed E-state index contributed by atoms with van der Waals surface area (Å²) in [7, 11) is 0. The molecule has 1 aliphatic rings. The molecular weight excluding hydrogens is 290 g/mol. The molecule has 0 amide bonds. The number of aliphatic hydroxyl groups is 2. The van der Waals surface area contributed by atoms with E-state index in [1.165, 1.54) is 6.33 Å². The zero-order valence-corrected chi connectivity index (χ0v) is 12.2. The van der Waals surface area contributed by atoms with Gasteiger partial charge in [-0.15, -0.1) is 0 Å². The van der Waals surface area contributed by atoms with E-state index in [2.05, 4.69) is 20.3 Å². The van der Waals surface area contributed by atoms with Gasteiger partial charge in [0, 0.05) is 13.0 Å². The lowest BCUT2D eigenvalue weighted by molar-refractivity contribution is -0.0432. The molecule has 1 saturated heterocycles. The summed E-state index contributed by atoms with van der Waals surface area (Å²) in [6, 6.07) is 0. The van der Waals surface area contributed by atoms with Crippen LogP contribution in [0.15, 0.2) is 11.1 Å². The molecule has 0 radical (unpaired) electrons. The molecule has 0 spiro atoms. The zero-order valence-electron chi connectivity index (χ0n) is 12.2. The molecule has 0 aliphatic carbocycles. The number of fused-ring (bicyclic) bond motifs is 1. The van der Waals surface area contributed by atoms with Gasteiger partial charge in [0.1, 0.15) is 12.3 Å². The Labute approximate surface area is 126 Å². The number of H-pyrrole nitrogens is 1. The summed E-state index contributed by atoms with van der Waals surface area (Å²) >= 11 is 0. The summed E-state index contributed by atoms with van der Waals surface area (Å²) < 4.78 is 7.20. The molecule has 2 aromatic heterocycles. The third-order valence-corrected chi connectivity index (χ3v) is 3.67. The number of rotatable bonds is 5. The fourth-order valence-corrected chi connectivity index (χ4v) is 2.51. The van der Waals surface area contributed by atoms with Crippen LogP contribution in [0.5, 0.6) is 0 Å². The summed E-state index contributed by atoms with van der Waals surface area (Å²) in [5.74, 6) is 0.373. The van der Waals surface area contributed by atoms with Crippen LogP contribution in [-0.4, -0.2) is 55.1 Å². The molecule has 3 atom stereocenters. The van der Waals surface area contributed by atoms with Gasteiger partial charge in [-0.1, -0.05) is 6.92 Å². The van der Waals surface area contributed by atoms with Crippen molar-refractivity contribution >= 4 is 17.1 Å². The van der Waals surface area contributed by atoms with E-state index in [1.54, 1.807) is 4.57 Å². The first kappa shape index (κ1) is 14.9. The molecule has 2 aromatic rings. The highest BCUT2D eigenvalue weighted by atomic mass is 16.5. The highest BCUT2D eigenvalue weighted by Gasteiger charge is 2.35. The van der Waals surface area contributed by atoms with Crippen molar-refractivity contribution in [1.82, 2.24) is 19.5 Å². The van der Waals surface area contributed by atoms with Crippen molar-refractivity contribution in [2.45, 2.75) is 38.2 Å². The molecular formula is C13H19N5O4.